The molecule has 0 heterocycles. The molecule has 0 fully saturated rings. The fraction of sp³-hybridized carbons (Fsp3) is 0.250. The Bertz CT molecular complexity index is 545. The Balaban J connectivity index is 2.06. The lowest BCUT2D eigenvalue weighted by atomic mass is 10.0. The second-order valence-corrected chi connectivity index (χ2v) is 4.59. The van der Waals surface area contributed by atoms with Crippen LogP contribution in [0.1, 0.15) is 23.6 Å². The van der Waals surface area contributed by atoms with E-state index in [2.05, 4.69) is 5.32 Å². The summed E-state index contributed by atoms with van der Waals surface area (Å²) in [6.45, 7) is 0.324. The standard InChI is InChI=1S/C16H17F2NO/c17-14-7-6-13(15(18)10-14)11-19-16(8-9-20)12-4-2-1-3-5-12/h1-7,10,16,19-20H,8-9,11H2. The minimum absolute atomic E-state index is 0.0401. The zero-order chi connectivity index (χ0) is 14.4. The molecule has 0 amide bonds. The topological polar surface area (TPSA) is 32.3 Å². The van der Waals surface area contributed by atoms with Crippen molar-refractivity contribution in [1.29, 1.82) is 0 Å². The minimum Gasteiger partial charge on any atom is -0.396 e. The number of hydrogen-bond acceptors (Lipinski definition) is 2. The first kappa shape index (κ1) is 14.6. The molecule has 0 bridgehead atoms. The Kier molecular flexibility index (Phi) is 5.21. The molecule has 2 aromatic rings. The molecule has 1 unspecified atom stereocenters. The maximum atomic E-state index is 13.6. The van der Waals surface area contributed by atoms with Gasteiger partial charge in [0.05, 0.1) is 0 Å². The van der Waals surface area contributed by atoms with Crippen molar-refractivity contribution in [2.24, 2.45) is 0 Å². The summed E-state index contributed by atoms with van der Waals surface area (Å²) < 4.78 is 26.4. The monoisotopic (exact) mass is 277 g/mol. The van der Waals surface area contributed by atoms with Gasteiger partial charge in [0.2, 0.25) is 0 Å². The summed E-state index contributed by atoms with van der Waals surface area (Å²) in [7, 11) is 0. The highest BCUT2D eigenvalue weighted by Gasteiger charge is 2.11. The van der Waals surface area contributed by atoms with Gasteiger partial charge in [0, 0.05) is 30.8 Å². The van der Waals surface area contributed by atoms with E-state index in [4.69, 9.17) is 5.11 Å². The van der Waals surface area contributed by atoms with Crippen molar-refractivity contribution in [2.45, 2.75) is 19.0 Å². The molecule has 4 heteroatoms. The van der Waals surface area contributed by atoms with Crippen LogP contribution in [0.5, 0.6) is 0 Å². The molecule has 106 valence electrons. The molecule has 20 heavy (non-hydrogen) atoms. The summed E-state index contributed by atoms with van der Waals surface area (Å²) in [5.41, 5.74) is 1.44. The number of benzene rings is 2. The van der Waals surface area contributed by atoms with Gasteiger partial charge in [0.25, 0.3) is 0 Å². The molecular weight excluding hydrogens is 260 g/mol. The first-order valence-electron chi connectivity index (χ1n) is 6.54. The van der Waals surface area contributed by atoms with Crippen LogP contribution in [0.2, 0.25) is 0 Å². The smallest absolute Gasteiger partial charge is 0.130 e. The van der Waals surface area contributed by atoms with Gasteiger partial charge < -0.3 is 10.4 Å². The van der Waals surface area contributed by atoms with Gasteiger partial charge in [-0.05, 0) is 18.1 Å². The SMILES string of the molecule is OCCC(NCc1ccc(F)cc1F)c1ccccc1. The van der Waals surface area contributed by atoms with E-state index in [0.29, 0.717) is 12.0 Å². The molecule has 2 aromatic carbocycles. The highest BCUT2D eigenvalue weighted by Crippen LogP contribution is 2.18. The second kappa shape index (κ2) is 7.12. The number of aliphatic hydroxyl groups excluding tert-OH is 1. The first-order chi connectivity index (χ1) is 9.70. The van der Waals surface area contributed by atoms with E-state index in [-0.39, 0.29) is 19.2 Å². The number of halogens is 2. The van der Waals surface area contributed by atoms with Gasteiger partial charge in [-0.25, -0.2) is 8.78 Å². The van der Waals surface area contributed by atoms with Crippen LogP contribution in [0.25, 0.3) is 0 Å². The molecular formula is C16H17F2NO. The van der Waals surface area contributed by atoms with Gasteiger partial charge in [0.15, 0.2) is 0 Å². The third-order valence-electron chi connectivity index (χ3n) is 3.17. The van der Waals surface area contributed by atoms with E-state index >= 15 is 0 Å². The van der Waals surface area contributed by atoms with Gasteiger partial charge in [-0.3, -0.25) is 0 Å². The average Bonchev–Trinajstić information content (AvgIpc) is 2.46. The average molecular weight is 277 g/mol. The Morgan fingerprint density at radius 3 is 2.45 bits per heavy atom. The van der Waals surface area contributed by atoms with Crippen molar-refractivity contribution >= 4 is 0 Å². The fourth-order valence-corrected chi connectivity index (χ4v) is 2.10. The maximum absolute atomic E-state index is 13.6. The van der Waals surface area contributed by atoms with Gasteiger partial charge >= 0.3 is 0 Å². The van der Waals surface area contributed by atoms with Crippen molar-refractivity contribution in [3.63, 3.8) is 0 Å². The van der Waals surface area contributed by atoms with Crippen molar-refractivity contribution in [3.8, 4) is 0 Å². The van der Waals surface area contributed by atoms with Crippen molar-refractivity contribution in [1.82, 2.24) is 5.32 Å². The Morgan fingerprint density at radius 2 is 1.80 bits per heavy atom. The van der Waals surface area contributed by atoms with E-state index in [1.807, 2.05) is 30.3 Å². The van der Waals surface area contributed by atoms with Crippen molar-refractivity contribution < 1.29 is 13.9 Å². The lowest BCUT2D eigenvalue weighted by Gasteiger charge is -2.18. The third-order valence-corrected chi connectivity index (χ3v) is 3.17. The largest absolute Gasteiger partial charge is 0.396 e. The molecule has 2 rings (SSSR count). The van der Waals surface area contributed by atoms with E-state index < -0.39 is 11.6 Å². The van der Waals surface area contributed by atoms with Crippen LogP contribution >= 0.6 is 0 Å². The highest BCUT2D eigenvalue weighted by atomic mass is 19.1. The summed E-state index contributed by atoms with van der Waals surface area (Å²) in [6, 6.07) is 13.1. The predicted octanol–water partition coefficient (Wildman–Crippen LogP) is 3.18. The molecule has 0 spiro atoms. The van der Waals surface area contributed by atoms with E-state index in [1.54, 1.807) is 0 Å². The summed E-state index contributed by atoms with van der Waals surface area (Å²) in [5.74, 6) is -1.14. The van der Waals surface area contributed by atoms with E-state index in [0.717, 1.165) is 11.6 Å². The minimum atomic E-state index is -0.582. The van der Waals surface area contributed by atoms with Crippen LogP contribution in [0, 0.1) is 11.6 Å². The molecule has 2 N–H and O–H groups in total. The first-order valence-corrected chi connectivity index (χ1v) is 6.54. The maximum Gasteiger partial charge on any atom is 0.130 e. The van der Waals surface area contributed by atoms with Crippen LogP contribution < -0.4 is 5.32 Å². The summed E-state index contributed by atoms with van der Waals surface area (Å²) in [5, 5.41) is 12.3. The van der Waals surface area contributed by atoms with Gasteiger partial charge in [-0.2, -0.15) is 0 Å². The zero-order valence-corrected chi connectivity index (χ0v) is 11.0. The molecule has 0 saturated heterocycles. The molecule has 0 aliphatic carbocycles. The Labute approximate surface area is 117 Å². The number of rotatable bonds is 6. The molecule has 0 saturated carbocycles. The molecule has 0 radical (unpaired) electrons. The number of hydrogen-bond donors (Lipinski definition) is 2. The van der Waals surface area contributed by atoms with Crippen LogP contribution in [0.3, 0.4) is 0 Å². The lowest BCUT2D eigenvalue weighted by molar-refractivity contribution is 0.265. The van der Waals surface area contributed by atoms with Crippen LogP contribution in [-0.2, 0) is 6.54 Å². The van der Waals surface area contributed by atoms with Crippen molar-refractivity contribution in [2.75, 3.05) is 6.61 Å². The second-order valence-electron chi connectivity index (χ2n) is 4.59. The Hall–Kier alpha value is -1.78. The van der Waals surface area contributed by atoms with Crippen molar-refractivity contribution in [3.05, 3.63) is 71.3 Å². The predicted molar refractivity (Wildman–Crippen MR) is 74.1 cm³/mol. The van der Waals surface area contributed by atoms with Gasteiger partial charge in [-0.15, -0.1) is 0 Å². The quantitative estimate of drug-likeness (QED) is 0.850. The Morgan fingerprint density at radius 1 is 1.05 bits per heavy atom. The number of nitrogens with one attached hydrogen (secondary N) is 1. The summed E-state index contributed by atoms with van der Waals surface area (Å²) in [6.07, 6.45) is 0.535. The molecule has 2 nitrogen and oxygen atoms in total. The number of aliphatic hydroxyl groups is 1. The van der Waals surface area contributed by atoms with E-state index in [9.17, 15) is 8.78 Å². The van der Waals surface area contributed by atoms with Crippen LogP contribution in [-0.4, -0.2) is 11.7 Å². The zero-order valence-electron chi connectivity index (χ0n) is 11.0. The van der Waals surface area contributed by atoms with E-state index in [1.165, 1.54) is 12.1 Å². The summed E-state index contributed by atoms with van der Waals surface area (Å²) >= 11 is 0. The molecule has 1 atom stereocenters. The van der Waals surface area contributed by atoms with Gasteiger partial charge in [0.1, 0.15) is 11.6 Å². The third kappa shape index (κ3) is 3.85. The van der Waals surface area contributed by atoms with Gasteiger partial charge in [-0.1, -0.05) is 36.4 Å². The molecule has 0 aromatic heterocycles. The molecule has 0 aliphatic heterocycles. The molecule has 0 aliphatic rings. The lowest BCUT2D eigenvalue weighted by Crippen LogP contribution is -2.22. The normalized spacial score (nSPS) is 12.3. The highest BCUT2D eigenvalue weighted by molar-refractivity contribution is 5.21. The fourth-order valence-electron chi connectivity index (χ4n) is 2.10. The summed E-state index contributed by atoms with van der Waals surface area (Å²) in [4.78, 5) is 0. The van der Waals surface area contributed by atoms with Crippen LogP contribution in [0.4, 0.5) is 8.78 Å². The van der Waals surface area contributed by atoms with Crippen LogP contribution in [0.15, 0.2) is 48.5 Å².